The van der Waals surface area contributed by atoms with Crippen molar-refractivity contribution in [2.45, 2.75) is 25.8 Å². The molecule has 0 spiro atoms. The molecule has 0 atom stereocenters. The lowest BCUT2D eigenvalue weighted by molar-refractivity contribution is 0.619. The summed E-state index contributed by atoms with van der Waals surface area (Å²) in [5.74, 6) is 1.30. The quantitative estimate of drug-likeness (QED) is 0.708. The van der Waals surface area contributed by atoms with Crippen molar-refractivity contribution >= 4 is 22.7 Å². The van der Waals surface area contributed by atoms with Crippen molar-refractivity contribution < 1.29 is 0 Å². The van der Waals surface area contributed by atoms with Gasteiger partial charge in [0.2, 0.25) is 0 Å². The van der Waals surface area contributed by atoms with Crippen molar-refractivity contribution in [1.29, 1.82) is 0 Å². The lowest BCUT2D eigenvalue weighted by Crippen LogP contribution is -2.14. The van der Waals surface area contributed by atoms with Crippen molar-refractivity contribution in [3.8, 4) is 0 Å². The molecule has 0 bridgehead atoms. The number of aromatic nitrogens is 1. The first kappa shape index (κ1) is 13.5. The summed E-state index contributed by atoms with van der Waals surface area (Å²) < 4.78 is 0. The number of benzene rings is 1. The molecular weight excluding hydrogens is 240 g/mol. The Labute approximate surface area is 114 Å². The van der Waals surface area contributed by atoms with Crippen molar-refractivity contribution in [3.63, 3.8) is 0 Å². The summed E-state index contributed by atoms with van der Waals surface area (Å²) in [5.41, 5.74) is 2.59. The summed E-state index contributed by atoms with van der Waals surface area (Å²) >= 11 is 1.94. The molecule has 1 aromatic heterocycles. The molecule has 1 aromatic carbocycles. The van der Waals surface area contributed by atoms with Gasteiger partial charge in [-0.25, -0.2) is 0 Å². The Balaban J connectivity index is 1.67. The SMILES string of the molecule is CSCCCCCNCc1ccc2cc[nH]c2c1. The molecule has 0 saturated heterocycles. The topological polar surface area (TPSA) is 27.8 Å². The largest absolute Gasteiger partial charge is 0.361 e. The Hall–Kier alpha value is -0.930. The first-order valence-corrected chi connectivity index (χ1v) is 8.05. The number of fused-ring (bicyclic) bond motifs is 1. The van der Waals surface area contributed by atoms with Gasteiger partial charge in [0, 0.05) is 18.3 Å². The van der Waals surface area contributed by atoms with Crippen molar-refractivity contribution in [3.05, 3.63) is 36.0 Å². The van der Waals surface area contributed by atoms with E-state index in [0.717, 1.165) is 13.1 Å². The number of thioether (sulfide) groups is 1. The molecule has 0 aliphatic carbocycles. The first-order chi connectivity index (χ1) is 8.90. The van der Waals surface area contributed by atoms with Crippen LogP contribution in [0.2, 0.25) is 0 Å². The van der Waals surface area contributed by atoms with Crippen LogP contribution < -0.4 is 5.32 Å². The minimum absolute atomic E-state index is 0.970. The van der Waals surface area contributed by atoms with Crippen LogP contribution in [0.3, 0.4) is 0 Å². The van der Waals surface area contributed by atoms with E-state index in [1.165, 1.54) is 41.5 Å². The normalized spacial score (nSPS) is 11.2. The van der Waals surface area contributed by atoms with Gasteiger partial charge in [-0.1, -0.05) is 18.6 Å². The maximum atomic E-state index is 3.51. The second-order valence-electron chi connectivity index (χ2n) is 4.63. The highest BCUT2D eigenvalue weighted by atomic mass is 32.2. The summed E-state index contributed by atoms with van der Waals surface area (Å²) in [6.07, 6.45) is 8.13. The Kier molecular flexibility index (Phi) is 5.62. The van der Waals surface area contributed by atoms with Crippen molar-refractivity contribution in [2.75, 3.05) is 18.6 Å². The Morgan fingerprint density at radius 3 is 3.00 bits per heavy atom. The van der Waals surface area contributed by atoms with Gasteiger partial charge in [0.15, 0.2) is 0 Å². The van der Waals surface area contributed by atoms with E-state index in [0.29, 0.717) is 0 Å². The zero-order valence-electron chi connectivity index (χ0n) is 11.0. The number of rotatable bonds is 8. The van der Waals surface area contributed by atoms with Gasteiger partial charge in [-0.3, -0.25) is 0 Å². The molecule has 2 aromatic rings. The molecule has 0 radical (unpaired) electrons. The van der Waals surface area contributed by atoms with Crippen LogP contribution in [0.15, 0.2) is 30.5 Å². The maximum absolute atomic E-state index is 3.51. The zero-order chi connectivity index (χ0) is 12.6. The molecule has 0 saturated carbocycles. The summed E-state index contributed by atoms with van der Waals surface area (Å²) in [5, 5.41) is 4.80. The number of aromatic amines is 1. The molecule has 0 aliphatic rings. The van der Waals surface area contributed by atoms with E-state index in [2.05, 4.69) is 40.8 Å². The van der Waals surface area contributed by atoms with Gasteiger partial charge >= 0.3 is 0 Å². The van der Waals surface area contributed by atoms with E-state index in [1.807, 2.05) is 18.0 Å². The number of nitrogens with one attached hydrogen (secondary N) is 2. The fraction of sp³-hybridized carbons (Fsp3) is 0.467. The lowest BCUT2D eigenvalue weighted by Gasteiger charge is -2.05. The second kappa shape index (κ2) is 7.49. The van der Waals surface area contributed by atoms with Crippen LogP contribution in [0.25, 0.3) is 10.9 Å². The van der Waals surface area contributed by atoms with Gasteiger partial charge in [-0.2, -0.15) is 11.8 Å². The van der Waals surface area contributed by atoms with E-state index >= 15 is 0 Å². The average molecular weight is 262 g/mol. The monoisotopic (exact) mass is 262 g/mol. The molecule has 3 heteroatoms. The third kappa shape index (κ3) is 4.07. The lowest BCUT2D eigenvalue weighted by atomic mass is 10.1. The van der Waals surface area contributed by atoms with Gasteiger partial charge in [-0.15, -0.1) is 0 Å². The summed E-state index contributed by atoms with van der Waals surface area (Å²) in [6.45, 7) is 2.09. The highest BCUT2D eigenvalue weighted by Crippen LogP contribution is 2.13. The summed E-state index contributed by atoms with van der Waals surface area (Å²) in [6, 6.07) is 8.73. The number of hydrogen-bond acceptors (Lipinski definition) is 2. The molecule has 0 aliphatic heterocycles. The second-order valence-corrected chi connectivity index (χ2v) is 5.62. The predicted molar refractivity (Wildman–Crippen MR) is 82.2 cm³/mol. The van der Waals surface area contributed by atoms with Crippen LogP contribution in [-0.4, -0.2) is 23.5 Å². The van der Waals surface area contributed by atoms with Gasteiger partial charge in [-0.05, 0) is 54.5 Å². The third-order valence-electron chi connectivity index (χ3n) is 3.15. The average Bonchev–Trinajstić information content (AvgIpc) is 2.85. The van der Waals surface area contributed by atoms with Crippen LogP contribution in [0.4, 0.5) is 0 Å². The van der Waals surface area contributed by atoms with Crippen LogP contribution in [0.5, 0.6) is 0 Å². The van der Waals surface area contributed by atoms with Crippen molar-refractivity contribution in [2.24, 2.45) is 0 Å². The molecule has 0 fully saturated rings. The zero-order valence-corrected chi connectivity index (χ0v) is 11.9. The van der Waals surface area contributed by atoms with Crippen molar-refractivity contribution in [1.82, 2.24) is 10.3 Å². The number of hydrogen-bond donors (Lipinski definition) is 2. The highest BCUT2D eigenvalue weighted by molar-refractivity contribution is 7.98. The van der Waals surface area contributed by atoms with E-state index < -0.39 is 0 Å². The van der Waals surface area contributed by atoms with Crippen LogP contribution in [0, 0.1) is 0 Å². The van der Waals surface area contributed by atoms with Gasteiger partial charge in [0.05, 0.1) is 0 Å². The molecule has 2 nitrogen and oxygen atoms in total. The number of H-pyrrole nitrogens is 1. The maximum Gasteiger partial charge on any atom is 0.0457 e. The number of unbranched alkanes of at least 4 members (excludes halogenated alkanes) is 2. The fourth-order valence-electron chi connectivity index (χ4n) is 2.11. The van der Waals surface area contributed by atoms with E-state index in [1.54, 1.807) is 0 Å². The summed E-state index contributed by atoms with van der Waals surface area (Å²) in [4.78, 5) is 3.25. The Morgan fingerprint density at radius 1 is 1.17 bits per heavy atom. The Morgan fingerprint density at radius 2 is 2.11 bits per heavy atom. The highest BCUT2D eigenvalue weighted by Gasteiger charge is 1.97. The Bertz CT molecular complexity index is 464. The molecule has 98 valence electrons. The fourth-order valence-corrected chi connectivity index (χ4v) is 2.60. The van der Waals surface area contributed by atoms with Gasteiger partial charge in [0.1, 0.15) is 0 Å². The van der Waals surface area contributed by atoms with Crippen LogP contribution in [-0.2, 0) is 6.54 Å². The van der Waals surface area contributed by atoms with Gasteiger partial charge in [0.25, 0.3) is 0 Å². The molecule has 0 amide bonds. The minimum Gasteiger partial charge on any atom is -0.361 e. The molecule has 1 heterocycles. The predicted octanol–water partition coefficient (Wildman–Crippen LogP) is 3.79. The van der Waals surface area contributed by atoms with E-state index in [4.69, 9.17) is 0 Å². The van der Waals surface area contributed by atoms with Crippen LogP contribution >= 0.6 is 11.8 Å². The minimum atomic E-state index is 0.970. The summed E-state index contributed by atoms with van der Waals surface area (Å²) in [7, 11) is 0. The molecule has 2 N–H and O–H groups in total. The van der Waals surface area contributed by atoms with E-state index in [-0.39, 0.29) is 0 Å². The molecule has 18 heavy (non-hydrogen) atoms. The standard InChI is InChI=1S/C15H22N2S/c1-18-10-4-2-3-8-16-12-13-5-6-14-7-9-17-15(14)11-13/h5-7,9,11,16-17H,2-4,8,10,12H2,1H3. The van der Waals surface area contributed by atoms with Gasteiger partial charge < -0.3 is 10.3 Å². The molecular formula is C15H22N2S. The smallest absolute Gasteiger partial charge is 0.0457 e. The van der Waals surface area contributed by atoms with E-state index in [9.17, 15) is 0 Å². The molecule has 0 unspecified atom stereocenters. The third-order valence-corrected chi connectivity index (χ3v) is 3.85. The van der Waals surface area contributed by atoms with Crippen LogP contribution in [0.1, 0.15) is 24.8 Å². The first-order valence-electron chi connectivity index (χ1n) is 6.66. The molecule has 2 rings (SSSR count).